The molecule has 0 unspecified atom stereocenters. The number of ether oxygens (including phenoxy) is 1. The van der Waals surface area contributed by atoms with E-state index in [0.29, 0.717) is 34.4 Å². The van der Waals surface area contributed by atoms with E-state index in [1.54, 1.807) is 16.2 Å². The van der Waals surface area contributed by atoms with Gasteiger partial charge in [-0.15, -0.1) is 13.2 Å². The Morgan fingerprint density at radius 2 is 2.03 bits per heavy atom. The second-order valence-corrected chi connectivity index (χ2v) is 6.96. The van der Waals surface area contributed by atoms with Gasteiger partial charge in [0.25, 0.3) is 5.82 Å². The Morgan fingerprint density at radius 3 is 2.59 bits per heavy atom. The first-order chi connectivity index (χ1) is 15.1. The van der Waals surface area contributed by atoms with Crippen molar-refractivity contribution in [3.05, 3.63) is 34.8 Å². The Bertz CT molecular complexity index is 1120. The van der Waals surface area contributed by atoms with Gasteiger partial charge < -0.3 is 20.4 Å². The van der Waals surface area contributed by atoms with Crippen molar-refractivity contribution in [2.75, 3.05) is 10.6 Å². The number of imidazole rings is 1. The number of anilines is 2. The summed E-state index contributed by atoms with van der Waals surface area (Å²) in [6.45, 7) is 1.88. The summed E-state index contributed by atoms with van der Waals surface area (Å²) in [6.07, 6.45) is -2.80. The van der Waals surface area contributed by atoms with Crippen molar-refractivity contribution < 1.29 is 37.2 Å². The molecule has 2 aromatic heterocycles. The predicted molar refractivity (Wildman–Crippen MR) is 108 cm³/mol. The van der Waals surface area contributed by atoms with Gasteiger partial charge in [0.1, 0.15) is 16.9 Å². The van der Waals surface area contributed by atoms with Crippen LogP contribution in [0.1, 0.15) is 12.7 Å². The summed E-state index contributed by atoms with van der Waals surface area (Å²) in [4.78, 5) is 29.4. The fourth-order valence-electron chi connectivity index (χ4n) is 3.10. The minimum atomic E-state index is -4.78. The highest BCUT2D eigenvalue weighted by Crippen LogP contribution is 2.27. The summed E-state index contributed by atoms with van der Waals surface area (Å²) >= 11 is 3.19. The largest absolute Gasteiger partial charge is 0.573 e. The summed E-state index contributed by atoms with van der Waals surface area (Å²) in [7, 11) is 1.76. The zero-order chi connectivity index (χ0) is 24.1. The topological polar surface area (TPSA) is 130 Å². The molecule has 0 aliphatic carbocycles. The Hall–Kier alpha value is -3.42. The average molecular weight is 519 g/mol. The number of alkyl halides is 3. The number of carbonyl (C=O) groups is 2. The third kappa shape index (κ3) is 5.63. The molecule has 0 radical (unpaired) electrons. The molecule has 1 amide bonds. The number of nitrogens with two attached hydrogens (primary N) is 1. The molecule has 0 saturated heterocycles. The Morgan fingerprint density at radius 1 is 1.38 bits per heavy atom. The number of carboxylic acid groups (broad SMARTS) is 1. The Kier molecular flexibility index (Phi) is 7.97. The summed E-state index contributed by atoms with van der Waals surface area (Å²) in [6, 6.07) is 4.09. The molecule has 2 heterocycles. The van der Waals surface area contributed by atoms with E-state index in [4.69, 9.17) is 15.6 Å². The molecule has 3 rings (SSSR count). The van der Waals surface area contributed by atoms with E-state index in [1.165, 1.54) is 29.3 Å². The number of nitrogen functional groups attached to an aromatic ring is 1. The highest BCUT2D eigenvalue weighted by Gasteiger charge is 2.32. The van der Waals surface area contributed by atoms with E-state index in [9.17, 15) is 18.0 Å². The first kappa shape index (κ1) is 24.8. The quantitative estimate of drug-likeness (QED) is 0.381. The van der Waals surface area contributed by atoms with E-state index in [1.807, 2.05) is 6.92 Å². The van der Waals surface area contributed by atoms with Crippen LogP contribution < -0.4 is 25.0 Å². The highest BCUT2D eigenvalue weighted by molar-refractivity contribution is 9.10. The number of halogens is 4. The number of rotatable bonds is 6. The molecule has 10 nitrogen and oxygen atoms in total. The van der Waals surface area contributed by atoms with Crippen LogP contribution in [0.15, 0.2) is 29.0 Å². The van der Waals surface area contributed by atoms with Gasteiger partial charge in [0.2, 0.25) is 6.41 Å². The molecule has 3 aromatic rings. The lowest BCUT2D eigenvalue weighted by Crippen LogP contribution is -2.38. The van der Waals surface area contributed by atoms with Gasteiger partial charge in [-0.05, 0) is 35.0 Å². The van der Waals surface area contributed by atoms with Crippen molar-refractivity contribution in [2.45, 2.75) is 26.4 Å². The summed E-state index contributed by atoms with van der Waals surface area (Å²) in [5.41, 5.74) is 7.06. The van der Waals surface area contributed by atoms with Gasteiger partial charge in [-0.3, -0.25) is 9.69 Å². The normalized spacial score (nSPS) is 10.9. The first-order valence-corrected chi connectivity index (χ1v) is 9.68. The fraction of sp³-hybridized carbons (Fsp3) is 0.278. The maximum Gasteiger partial charge on any atom is 0.573 e. The fourth-order valence-corrected chi connectivity index (χ4v) is 3.37. The Balaban J connectivity index is 0.00000114. The van der Waals surface area contributed by atoms with Crippen molar-refractivity contribution in [1.29, 1.82) is 0 Å². The first-order valence-electron chi connectivity index (χ1n) is 8.88. The highest BCUT2D eigenvalue weighted by atomic mass is 79.9. The van der Waals surface area contributed by atoms with Gasteiger partial charge >= 0.3 is 6.36 Å². The van der Waals surface area contributed by atoms with Crippen LogP contribution in [-0.4, -0.2) is 33.8 Å². The maximum atomic E-state index is 12.6. The van der Waals surface area contributed by atoms with E-state index in [2.05, 4.69) is 30.6 Å². The molecule has 14 heteroatoms. The summed E-state index contributed by atoms with van der Waals surface area (Å²) in [5, 5.41) is 8.25. The maximum absolute atomic E-state index is 12.6. The zero-order valence-corrected chi connectivity index (χ0v) is 18.4. The number of nitrogens with zero attached hydrogens (tertiary/aromatic N) is 5. The third-order valence-corrected chi connectivity index (χ3v) is 4.69. The van der Waals surface area contributed by atoms with Crippen molar-refractivity contribution in [3.8, 4) is 5.75 Å². The molecule has 0 fully saturated rings. The molecule has 0 aliphatic rings. The molecule has 1 aromatic carbocycles. The second kappa shape index (κ2) is 10.3. The number of carbonyl (C=O) groups excluding carboxylic acids is 2. The molecule has 0 spiro atoms. The van der Waals surface area contributed by atoms with Gasteiger partial charge in [-0.2, -0.15) is 0 Å². The zero-order valence-electron chi connectivity index (χ0n) is 16.8. The van der Waals surface area contributed by atoms with Crippen LogP contribution in [0.4, 0.5) is 24.8 Å². The molecule has 32 heavy (non-hydrogen) atoms. The van der Waals surface area contributed by atoms with E-state index >= 15 is 0 Å². The van der Waals surface area contributed by atoms with Gasteiger partial charge in [0.15, 0.2) is 22.7 Å². The smallest absolute Gasteiger partial charge is 0.554 e. The van der Waals surface area contributed by atoms with Crippen molar-refractivity contribution in [2.24, 2.45) is 7.05 Å². The predicted octanol–water partition coefficient (Wildman–Crippen LogP) is 1.05. The average Bonchev–Trinajstić information content (AvgIpc) is 2.97. The van der Waals surface area contributed by atoms with Crippen LogP contribution >= 0.6 is 15.9 Å². The monoisotopic (exact) mass is 518 g/mol. The van der Waals surface area contributed by atoms with E-state index in [-0.39, 0.29) is 23.9 Å². The van der Waals surface area contributed by atoms with Crippen molar-refractivity contribution in [1.82, 2.24) is 14.5 Å². The summed E-state index contributed by atoms with van der Waals surface area (Å²) in [5.74, 6) is 0.574. The molecule has 2 N–H and O–H groups in total. The number of fused-ring (bicyclic) bond motifs is 1. The SMILES string of the molecule is CCn1c(CN(C=O)c2nc(Br)cnc2N)[n+](C)c2ccc(OC(F)(F)F)cc21.O=C[O-]. The molecule has 0 atom stereocenters. The van der Waals surface area contributed by atoms with Crippen LogP contribution in [0.2, 0.25) is 0 Å². The number of aryl methyl sites for hydroxylation is 2. The number of hydrogen-bond acceptors (Lipinski definition) is 7. The third-order valence-electron chi connectivity index (χ3n) is 4.31. The minimum Gasteiger partial charge on any atom is -0.554 e. The number of amides is 1. The molecule has 0 aliphatic heterocycles. The number of benzene rings is 1. The summed E-state index contributed by atoms with van der Waals surface area (Å²) < 4.78 is 45.7. The lowest BCUT2D eigenvalue weighted by atomic mass is 10.3. The van der Waals surface area contributed by atoms with Crippen LogP contribution in [-0.2, 0) is 29.7 Å². The number of aromatic nitrogens is 4. The molecular weight excluding hydrogens is 501 g/mol. The van der Waals surface area contributed by atoms with Crippen LogP contribution in [0.25, 0.3) is 11.0 Å². The van der Waals surface area contributed by atoms with Crippen LogP contribution in [0, 0.1) is 0 Å². The van der Waals surface area contributed by atoms with Crippen LogP contribution in [0.5, 0.6) is 5.75 Å². The van der Waals surface area contributed by atoms with E-state index < -0.39 is 12.8 Å². The lowest BCUT2D eigenvalue weighted by Gasteiger charge is -2.16. The minimum absolute atomic E-state index is 0.0722. The standard InChI is InChI=1S/C17H17BrF3N6O2.CH2O2/c1-3-27-12-6-10(29-17(19,20)21)4-5-11(12)25(2)14(27)8-26(9-28)16-15(22)23-7-13(18)24-16;2-1-3/h4-7,9H,3,8H2,1-2H3,(H2,22,23);1H,(H,2,3)/q+1;/p-1. The molecular formula is C18H18BrF3N6O4. The van der Waals surface area contributed by atoms with Gasteiger partial charge in [-0.25, -0.2) is 19.1 Å². The number of hydrogen-bond donors (Lipinski definition) is 1. The van der Waals surface area contributed by atoms with Gasteiger partial charge in [-0.1, -0.05) is 0 Å². The Labute approximate surface area is 188 Å². The lowest BCUT2D eigenvalue weighted by molar-refractivity contribution is -0.653. The van der Waals surface area contributed by atoms with Crippen molar-refractivity contribution in [3.63, 3.8) is 0 Å². The van der Waals surface area contributed by atoms with Gasteiger partial charge in [0.05, 0.1) is 19.8 Å². The van der Waals surface area contributed by atoms with Gasteiger partial charge in [0, 0.05) is 12.5 Å². The van der Waals surface area contributed by atoms with Crippen molar-refractivity contribution >= 4 is 51.5 Å². The van der Waals surface area contributed by atoms with E-state index in [0.717, 1.165) is 0 Å². The molecule has 172 valence electrons. The van der Waals surface area contributed by atoms with Crippen LogP contribution in [0.3, 0.4) is 0 Å². The molecule has 0 saturated carbocycles. The second-order valence-electron chi connectivity index (χ2n) is 6.15. The molecule has 0 bridgehead atoms.